The smallest absolute Gasteiger partial charge is 0.128 e. The number of hydrogen-bond acceptors (Lipinski definition) is 1. The highest BCUT2D eigenvalue weighted by atomic mass is 16.3. The van der Waals surface area contributed by atoms with E-state index in [2.05, 4.69) is 13.5 Å². The molecule has 0 saturated carbocycles. The van der Waals surface area contributed by atoms with Gasteiger partial charge in [0.05, 0.1) is 5.57 Å². The number of benzene rings is 3. The molecule has 116 valence electrons. The Bertz CT molecular complexity index is 944. The minimum atomic E-state index is 0.0249. The van der Waals surface area contributed by atoms with E-state index >= 15 is 0 Å². The van der Waals surface area contributed by atoms with E-state index in [0.29, 0.717) is 10.8 Å². The summed E-state index contributed by atoms with van der Waals surface area (Å²) >= 11 is 0. The Kier molecular flexibility index (Phi) is 4.53. The summed E-state index contributed by atoms with van der Waals surface area (Å²) in [6.45, 7) is 8.00. The van der Waals surface area contributed by atoms with Gasteiger partial charge >= 0.3 is 0 Å². The van der Waals surface area contributed by atoms with Crippen LogP contribution in [-0.4, -0.2) is 0 Å². The van der Waals surface area contributed by atoms with Gasteiger partial charge in [-0.05, 0) is 35.0 Å². The lowest BCUT2D eigenvalue weighted by Gasteiger charge is -2.12. The van der Waals surface area contributed by atoms with Crippen molar-refractivity contribution in [3.8, 4) is 0 Å². The SMILES string of the molecule is C=C([CH2+])C(c1ccccc1)=c1ccc(=C([O-])c2ccccc2)cc1. The topological polar surface area (TPSA) is 23.1 Å². The third-order valence-electron chi connectivity index (χ3n) is 3.89. The third kappa shape index (κ3) is 3.26. The summed E-state index contributed by atoms with van der Waals surface area (Å²) in [4.78, 5) is 0. The normalized spacial score (nSPS) is 10.2. The van der Waals surface area contributed by atoms with Crippen molar-refractivity contribution in [1.29, 1.82) is 0 Å². The maximum atomic E-state index is 12.5. The van der Waals surface area contributed by atoms with Gasteiger partial charge in [0.2, 0.25) is 0 Å². The van der Waals surface area contributed by atoms with Gasteiger partial charge in [-0.25, -0.2) is 0 Å². The van der Waals surface area contributed by atoms with Gasteiger partial charge in [0.15, 0.2) is 0 Å². The van der Waals surface area contributed by atoms with Gasteiger partial charge < -0.3 is 5.11 Å². The van der Waals surface area contributed by atoms with Crippen molar-refractivity contribution in [2.24, 2.45) is 0 Å². The fourth-order valence-electron chi connectivity index (χ4n) is 2.72. The molecule has 0 aliphatic carbocycles. The van der Waals surface area contributed by atoms with Crippen LogP contribution in [0.5, 0.6) is 0 Å². The molecule has 0 unspecified atom stereocenters. The number of allylic oxidation sites excluding steroid dienone is 1. The highest BCUT2D eigenvalue weighted by Gasteiger charge is 2.10. The summed E-state index contributed by atoms with van der Waals surface area (Å²) in [5.74, 6) is 0.0249. The molecule has 0 spiro atoms. The van der Waals surface area contributed by atoms with Crippen LogP contribution in [0, 0.1) is 6.92 Å². The van der Waals surface area contributed by atoms with Crippen molar-refractivity contribution in [2.75, 3.05) is 0 Å². The zero-order valence-corrected chi connectivity index (χ0v) is 13.4. The second-order valence-corrected chi connectivity index (χ2v) is 5.62. The van der Waals surface area contributed by atoms with E-state index in [9.17, 15) is 5.11 Å². The lowest BCUT2D eigenvalue weighted by Crippen LogP contribution is -2.19. The molecule has 0 N–H and O–H groups in total. The fraction of sp³-hybridized carbons (Fsp3) is 0. The molecule has 0 fully saturated rings. The Hall–Kier alpha value is -3.19. The maximum Gasteiger partial charge on any atom is 0.128 e. The Labute approximate surface area is 142 Å². The molecule has 0 radical (unpaired) electrons. The standard InChI is InChI=1S/C23H18O/c1-17(2)22(18-9-5-3-6-10-18)19-13-15-21(16-14-19)23(24)20-11-7-4-8-12-20/h3-16H,1-2H2. The second kappa shape index (κ2) is 6.93. The van der Waals surface area contributed by atoms with Crippen LogP contribution in [0.2, 0.25) is 0 Å². The average molecular weight is 310 g/mol. The molecule has 0 aliphatic heterocycles. The quantitative estimate of drug-likeness (QED) is 0.682. The van der Waals surface area contributed by atoms with E-state index in [-0.39, 0.29) is 5.76 Å². The Morgan fingerprint density at radius 3 is 1.62 bits per heavy atom. The molecular formula is C23H18O. The first kappa shape index (κ1) is 15.7. The van der Waals surface area contributed by atoms with E-state index in [4.69, 9.17) is 0 Å². The first-order valence-corrected chi connectivity index (χ1v) is 7.80. The van der Waals surface area contributed by atoms with Gasteiger partial charge in [-0.2, -0.15) is 0 Å². The van der Waals surface area contributed by atoms with Crippen LogP contribution in [0.15, 0.2) is 97.1 Å². The van der Waals surface area contributed by atoms with Crippen molar-refractivity contribution in [2.45, 2.75) is 0 Å². The predicted octanol–water partition coefficient (Wildman–Crippen LogP) is 2.79. The van der Waals surface area contributed by atoms with Crippen LogP contribution in [-0.2, 0) is 0 Å². The van der Waals surface area contributed by atoms with Gasteiger partial charge in [-0.3, -0.25) is 0 Å². The van der Waals surface area contributed by atoms with Crippen molar-refractivity contribution < 1.29 is 5.11 Å². The Morgan fingerprint density at radius 2 is 1.12 bits per heavy atom. The summed E-state index contributed by atoms with van der Waals surface area (Å²) in [6, 6.07) is 27.0. The predicted molar refractivity (Wildman–Crippen MR) is 98.1 cm³/mol. The van der Waals surface area contributed by atoms with Gasteiger partial charge in [-0.15, -0.1) is 0 Å². The molecule has 0 saturated heterocycles. The molecule has 1 heteroatoms. The van der Waals surface area contributed by atoms with E-state index in [0.717, 1.165) is 21.9 Å². The zero-order valence-electron chi connectivity index (χ0n) is 13.4. The number of rotatable bonds is 3. The molecule has 3 aromatic rings. The minimum absolute atomic E-state index is 0.0249. The molecule has 0 bridgehead atoms. The van der Waals surface area contributed by atoms with Crippen molar-refractivity contribution >= 4 is 11.3 Å². The minimum Gasteiger partial charge on any atom is -0.872 e. The van der Waals surface area contributed by atoms with Gasteiger partial charge in [-0.1, -0.05) is 66.4 Å². The molecule has 0 aromatic heterocycles. The molecule has 3 rings (SSSR count). The molecule has 0 amide bonds. The van der Waals surface area contributed by atoms with Crippen molar-refractivity contribution in [3.05, 3.63) is 126 Å². The summed E-state index contributed by atoms with van der Waals surface area (Å²) < 4.78 is 0. The monoisotopic (exact) mass is 310 g/mol. The van der Waals surface area contributed by atoms with Crippen LogP contribution in [0.1, 0.15) is 11.1 Å². The molecule has 1 nitrogen and oxygen atoms in total. The Morgan fingerprint density at radius 1 is 0.667 bits per heavy atom. The van der Waals surface area contributed by atoms with Crippen molar-refractivity contribution in [1.82, 2.24) is 0 Å². The van der Waals surface area contributed by atoms with E-state index in [1.807, 2.05) is 84.9 Å². The molecular weight excluding hydrogens is 292 g/mol. The van der Waals surface area contributed by atoms with Crippen LogP contribution in [0.25, 0.3) is 11.3 Å². The van der Waals surface area contributed by atoms with Gasteiger partial charge in [0.1, 0.15) is 5.57 Å². The van der Waals surface area contributed by atoms with Crippen LogP contribution in [0.3, 0.4) is 0 Å². The van der Waals surface area contributed by atoms with Crippen LogP contribution >= 0.6 is 0 Å². The molecule has 3 aromatic carbocycles. The average Bonchev–Trinajstić information content (AvgIpc) is 2.63. The largest absolute Gasteiger partial charge is 0.872 e. The second-order valence-electron chi connectivity index (χ2n) is 5.62. The molecule has 24 heavy (non-hydrogen) atoms. The summed E-state index contributed by atoms with van der Waals surface area (Å²) in [6.07, 6.45) is 0. The van der Waals surface area contributed by atoms with Crippen LogP contribution in [0.4, 0.5) is 0 Å². The first-order valence-electron chi connectivity index (χ1n) is 7.80. The van der Waals surface area contributed by atoms with Crippen molar-refractivity contribution in [3.63, 3.8) is 0 Å². The fourth-order valence-corrected chi connectivity index (χ4v) is 2.72. The zero-order chi connectivity index (χ0) is 16.9. The number of hydrogen-bond donors (Lipinski definition) is 0. The summed E-state index contributed by atoms with van der Waals surface area (Å²) in [5, 5.41) is 14.2. The summed E-state index contributed by atoms with van der Waals surface area (Å²) in [7, 11) is 0. The molecule has 0 aliphatic rings. The first-order chi connectivity index (χ1) is 11.7. The lowest BCUT2D eigenvalue weighted by molar-refractivity contribution is -0.245. The van der Waals surface area contributed by atoms with E-state index < -0.39 is 0 Å². The van der Waals surface area contributed by atoms with Gasteiger partial charge in [0.25, 0.3) is 0 Å². The summed E-state index contributed by atoms with van der Waals surface area (Å²) in [5.41, 5.74) is 3.51. The van der Waals surface area contributed by atoms with E-state index in [1.54, 1.807) is 0 Å². The van der Waals surface area contributed by atoms with E-state index in [1.165, 1.54) is 0 Å². The highest BCUT2D eigenvalue weighted by Crippen LogP contribution is 2.17. The van der Waals surface area contributed by atoms with Crippen LogP contribution < -0.4 is 15.5 Å². The highest BCUT2D eigenvalue weighted by molar-refractivity contribution is 5.78. The Balaban J connectivity index is 2.16. The van der Waals surface area contributed by atoms with Gasteiger partial charge in [0, 0.05) is 24.3 Å². The molecule has 0 heterocycles. The maximum absolute atomic E-state index is 12.5. The lowest BCUT2D eigenvalue weighted by atomic mass is 9.97. The third-order valence-corrected chi connectivity index (χ3v) is 3.89. The molecule has 0 atom stereocenters.